The van der Waals surface area contributed by atoms with Gasteiger partial charge in [-0.2, -0.15) is 0 Å². The summed E-state index contributed by atoms with van der Waals surface area (Å²) < 4.78 is 0. The second-order valence-corrected chi connectivity index (χ2v) is 10.9. The van der Waals surface area contributed by atoms with Crippen molar-refractivity contribution in [3.8, 4) is 44.5 Å². The van der Waals surface area contributed by atoms with Crippen molar-refractivity contribution in [2.24, 2.45) is 0 Å². The Labute approximate surface area is 246 Å². The van der Waals surface area contributed by atoms with E-state index < -0.39 is 0 Å². The molecule has 0 saturated heterocycles. The molecule has 0 atom stereocenters. The van der Waals surface area contributed by atoms with Gasteiger partial charge in [0.1, 0.15) is 0 Å². The fourth-order valence-electron chi connectivity index (χ4n) is 6.50. The SMILES string of the molecule is c1ccc(-c2ccc(-c3ccc(-c4ccc(-c5cccc6ccccc56)c5ccccc45)cc3)c3ccccc23)cc1. The van der Waals surface area contributed by atoms with Crippen LogP contribution in [0.3, 0.4) is 0 Å². The molecule has 8 rings (SSSR count). The lowest BCUT2D eigenvalue weighted by Crippen LogP contribution is -1.88. The first-order valence-electron chi connectivity index (χ1n) is 14.5. The van der Waals surface area contributed by atoms with Gasteiger partial charge < -0.3 is 0 Å². The van der Waals surface area contributed by atoms with Gasteiger partial charge in [0.15, 0.2) is 0 Å². The van der Waals surface area contributed by atoms with Gasteiger partial charge in [-0.1, -0.05) is 170 Å². The van der Waals surface area contributed by atoms with Crippen LogP contribution >= 0.6 is 0 Å². The summed E-state index contributed by atoms with van der Waals surface area (Å²) in [4.78, 5) is 0. The summed E-state index contributed by atoms with van der Waals surface area (Å²) in [6, 6.07) is 61.7. The van der Waals surface area contributed by atoms with Crippen molar-refractivity contribution in [2.75, 3.05) is 0 Å². The lowest BCUT2D eigenvalue weighted by Gasteiger charge is -2.15. The number of rotatable bonds is 4. The number of benzene rings is 8. The van der Waals surface area contributed by atoms with E-state index in [0.29, 0.717) is 0 Å². The third-order valence-electron chi connectivity index (χ3n) is 8.52. The molecule has 0 spiro atoms. The Kier molecular flexibility index (Phi) is 5.90. The van der Waals surface area contributed by atoms with E-state index in [1.54, 1.807) is 0 Å². The standard InChI is InChI=1S/C42H28/c1-2-11-29(12-3-1)34-25-26-35(38-17-7-6-16-37(34)38)31-21-23-32(24-22-31)36-27-28-42(41-19-9-8-18-39(36)41)40-20-10-14-30-13-4-5-15-33(30)40/h1-28H. The van der Waals surface area contributed by atoms with Gasteiger partial charge in [-0.25, -0.2) is 0 Å². The summed E-state index contributed by atoms with van der Waals surface area (Å²) in [5.41, 5.74) is 10.0. The Morgan fingerprint density at radius 2 is 0.548 bits per heavy atom. The van der Waals surface area contributed by atoms with Gasteiger partial charge in [0, 0.05) is 0 Å². The third-order valence-corrected chi connectivity index (χ3v) is 8.52. The smallest absolute Gasteiger partial charge is 0.00987 e. The highest BCUT2D eigenvalue weighted by atomic mass is 14.2. The third kappa shape index (κ3) is 4.08. The molecule has 0 saturated carbocycles. The molecule has 0 radical (unpaired) electrons. The maximum absolute atomic E-state index is 2.29. The number of fused-ring (bicyclic) bond motifs is 3. The van der Waals surface area contributed by atoms with E-state index in [-0.39, 0.29) is 0 Å². The van der Waals surface area contributed by atoms with Gasteiger partial charge in [-0.15, -0.1) is 0 Å². The van der Waals surface area contributed by atoms with Gasteiger partial charge in [0.25, 0.3) is 0 Å². The molecule has 0 N–H and O–H groups in total. The van der Waals surface area contributed by atoms with Gasteiger partial charge in [-0.3, -0.25) is 0 Å². The predicted molar refractivity (Wildman–Crippen MR) is 181 cm³/mol. The molecule has 0 aliphatic rings. The van der Waals surface area contributed by atoms with Crippen LogP contribution in [0, 0.1) is 0 Å². The molecule has 0 aliphatic heterocycles. The van der Waals surface area contributed by atoms with Crippen molar-refractivity contribution in [1.82, 2.24) is 0 Å². The summed E-state index contributed by atoms with van der Waals surface area (Å²) in [6.45, 7) is 0. The van der Waals surface area contributed by atoms with E-state index >= 15 is 0 Å². The van der Waals surface area contributed by atoms with Crippen LogP contribution in [-0.4, -0.2) is 0 Å². The molecular formula is C42H28. The molecule has 0 nitrogen and oxygen atoms in total. The zero-order valence-electron chi connectivity index (χ0n) is 23.2. The fraction of sp³-hybridized carbons (Fsp3) is 0. The number of hydrogen-bond acceptors (Lipinski definition) is 0. The van der Waals surface area contributed by atoms with Crippen molar-refractivity contribution in [2.45, 2.75) is 0 Å². The van der Waals surface area contributed by atoms with E-state index in [4.69, 9.17) is 0 Å². The highest BCUT2D eigenvalue weighted by Crippen LogP contribution is 2.40. The van der Waals surface area contributed by atoms with Crippen LogP contribution in [0.15, 0.2) is 170 Å². The highest BCUT2D eigenvalue weighted by molar-refractivity contribution is 6.10. The monoisotopic (exact) mass is 532 g/mol. The summed E-state index contributed by atoms with van der Waals surface area (Å²) in [5.74, 6) is 0. The Morgan fingerprint density at radius 3 is 1.10 bits per heavy atom. The van der Waals surface area contributed by atoms with E-state index in [1.165, 1.54) is 76.8 Å². The molecule has 0 heteroatoms. The van der Waals surface area contributed by atoms with Gasteiger partial charge in [-0.05, 0) is 76.8 Å². The van der Waals surface area contributed by atoms with E-state index in [1.807, 2.05) is 0 Å². The second-order valence-electron chi connectivity index (χ2n) is 10.9. The molecule has 0 aromatic heterocycles. The van der Waals surface area contributed by atoms with E-state index in [9.17, 15) is 0 Å². The van der Waals surface area contributed by atoms with Crippen LogP contribution in [0.25, 0.3) is 76.8 Å². The first-order chi connectivity index (χ1) is 20.8. The Balaban J connectivity index is 1.22. The maximum Gasteiger partial charge on any atom is -0.00987 e. The molecule has 0 bridgehead atoms. The van der Waals surface area contributed by atoms with Crippen molar-refractivity contribution in [1.29, 1.82) is 0 Å². The lowest BCUT2D eigenvalue weighted by atomic mass is 9.89. The summed E-state index contributed by atoms with van der Waals surface area (Å²) in [5, 5.41) is 7.65. The van der Waals surface area contributed by atoms with Gasteiger partial charge in [0.05, 0.1) is 0 Å². The quantitative estimate of drug-likeness (QED) is 0.211. The van der Waals surface area contributed by atoms with Crippen LogP contribution in [0.1, 0.15) is 0 Å². The second kappa shape index (κ2) is 10.2. The molecule has 0 unspecified atom stereocenters. The molecule has 0 heterocycles. The molecule has 0 aliphatic carbocycles. The fourth-order valence-corrected chi connectivity index (χ4v) is 6.50. The first-order valence-corrected chi connectivity index (χ1v) is 14.5. The molecule has 0 amide bonds. The molecule has 0 fully saturated rings. The molecular weight excluding hydrogens is 504 g/mol. The zero-order valence-corrected chi connectivity index (χ0v) is 23.2. The van der Waals surface area contributed by atoms with Crippen LogP contribution in [0.2, 0.25) is 0 Å². The average Bonchev–Trinajstić information content (AvgIpc) is 3.07. The van der Waals surface area contributed by atoms with Crippen molar-refractivity contribution in [3.63, 3.8) is 0 Å². The van der Waals surface area contributed by atoms with E-state index in [0.717, 1.165) is 0 Å². The minimum atomic E-state index is 1.23. The first kappa shape index (κ1) is 24.3. The lowest BCUT2D eigenvalue weighted by molar-refractivity contribution is 1.61. The summed E-state index contributed by atoms with van der Waals surface area (Å²) in [7, 11) is 0. The summed E-state index contributed by atoms with van der Waals surface area (Å²) in [6.07, 6.45) is 0. The van der Waals surface area contributed by atoms with Crippen molar-refractivity contribution < 1.29 is 0 Å². The topological polar surface area (TPSA) is 0 Å². The highest BCUT2D eigenvalue weighted by Gasteiger charge is 2.13. The molecule has 8 aromatic rings. The number of hydrogen-bond donors (Lipinski definition) is 0. The van der Waals surface area contributed by atoms with Crippen LogP contribution in [0.5, 0.6) is 0 Å². The largest absolute Gasteiger partial charge is 0.0622 e. The Hall–Kier alpha value is -5.46. The van der Waals surface area contributed by atoms with Crippen LogP contribution < -0.4 is 0 Å². The molecule has 8 aromatic carbocycles. The van der Waals surface area contributed by atoms with Crippen LogP contribution in [-0.2, 0) is 0 Å². The summed E-state index contributed by atoms with van der Waals surface area (Å²) >= 11 is 0. The molecule has 196 valence electrons. The predicted octanol–water partition coefficient (Wildman–Crippen LogP) is 11.8. The zero-order chi connectivity index (χ0) is 27.9. The van der Waals surface area contributed by atoms with E-state index in [2.05, 4.69) is 170 Å². The average molecular weight is 533 g/mol. The van der Waals surface area contributed by atoms with Crippen molar-refractivity contribution >= 4 is 32.3 Å². The van der Waals surface area contributed by atoms with Crippen molar-refractivity contribution in [3.05, 3.63) is 170 Å². The minimum Gasteiger partial charge on any atom is -0.0622 e. The van der Waals surface area contributed by atoms with Gasteiger partial charge in [0.2, 0.25) is 0 Å². The maximum atomic E-state index is 2.29. The Morgan fingerprint density at radius 1 is 0.190 bits per heavy atom. The van der Waals surface area contributed by atoms with Crippen LogP contribution in [0.4, 0.5) is 0 Å². The van der Waals surface area contributed by atoms with Gasteiger partial charge >= 0.3 is 0 Å². The molecule has 42 heavy (non-hydrogen) atoms. The Bertz CT molecular complexity index is 2220. The normalized spacial score (nSPS) is 11.3. The minimum absolute atomic E-state index is 1.23.